The molecule has 1 aromatic carbocycles. The lowest BCUT2D eigenvalue weighted by Gasteiger charge is -2.27. The van der Waals surface area contributed by atoms with E-state index in [1.807, 2.05) is 6.07 Å². The van der Waals surface area contributed by atoms with Gasteiger partial charge in [0.05, 0.1) is 30.5 Å². The molecule has 1 aromatic heterocycles. The maximum absolute atomic E-state index is 6.03. The molecule has 122 valence electrons. The summed E-state index contributed by atoms with van der Waals surface area (Å²) >= 11 is 1.70. The SMILES string of the molecule is NC(=NCc1csc(CCc2ccccc2)n1)N1CCOCC1. The first kappa shape index (κ1) is 16.0. The minimum absolute atomic E-state index is 0.547. The number of ether oxygens (including phenoxy) is 1. The van der Waals surface area contributed by atoms with Gasteiger partial charge in [0, 0.05) is 24.9 Å². The summed E-state index contributed by atoms with van der Waals surface area (Å²) in [5.74, 6) is 0.590. The van der Waals surface area contributed by atoms with Gasteiger partial charge >= 0.3 is 0 Å². The van der Waals surface area contributed by atoms with Crippen LogP contribution in [0.2, 0.25) is 0 Å². The first-order chi connectivity index (χ1) is 11.3. The Labute approximate surface area is 140 Å². The summed E-state index contributed by atoms with van der Waals surface area (Å²) in [5.41, 5.74) is 8.37. The number of thiazole rings is 1. The molecule has 0 atom stereocenters. The second-order valence-corrected chi connectivity index (χ2v) is 6.43. The molecule has 1 saturated heterocycles. The van der Waals surface area contributed by atoms with E-state index in [0.29, 0.717) is 12.5 Å². The van der Waals surface area contributed by atoms with Gasteiger partial charge < -0.3 is 15.4 Å². The van der Waals surface area contributed by atoms with E-state index in [0.717, 1.165) is 49.8 Å². The van der Waals surface area contributed by atoms with Crippen molar-refractivity contribution < 1.29 is 4.74 Å². The zero-order valence-corrected chi connectivity index (χ0v) is 14.0. The Morgan fingerprint density at radius 1 is 1.22 bits per heavy atom. The van der Waals surface area contributed by atoms with Crippen molar-refractivity contribution in [1.82, 2.24) is 9.88 Å². The summed E-state index contributed by atoms with van der Waals surface area (Å²) in [6.45, 7) is 3.61. The summed E-state index contributed by atoms with van der Waals surface area (Å²) in [7, 11) is 0. The third-order valence-corrected chi connectivity index (χ3v) is 4.77. The van der Waals surface area contributed by atoms with Crippen LogP contribution >= 0.6 is 11.3 Å². The van der Waals surface area contributed by atoms with Crippen molar-refractivity contribution in [1.29, 1.82) is 0 Å². The van der Waals surface area contributed by atoms with Crippen LogP contribution in [0.5, 0.6) is 0 Å². The second-order valence-electron chi connectivity index (χ2n) is 5.49. The largest absolute Gasteiger partial charge is 0.378 e. The molecule has 0 aliphatic carbocycles. The number of morpholine rings is 1. The standard InChI is InChI=1S/C17H22N4OS/c18-17(21-8-10-22-11-9-21)19-12-15-13-23-16(20-15)7-6-14-4-2-1-3-5-14/h1-5,13H,6-12H2,(H2,18,19). The number of guanidine groups is 1. The number of nitrogens with two attached hydrogens (primary N) is 1. The van der Waals surface area contributed by atoms with Crippen LogP contribution in [-0.2, 0) is 24.1 Å². The fourth-order valence-electron chi connectivity index (χ4n) is 2.49. The Balaban J connectivity index is 1.50. The highest BCUT2D eigenvalue weighted by atomic mass is 32.1. The number of hydrogen-bond acceptors (Lipinski definition) is 4. The normalized spacial score (nSPS) is 15.8. The fraction of sp³-hybridized carbons (Fsp3) is 0.412. The molecule has 0 amide bonds. The van der Waals surface area contributed by atoms with Crippen molar-refractivity contribution in [2.75, 3.05) is 26.3 Å². The van der Waals surface area contributed by atoms with Crippen LogP contribution in [0.25, 0.3) is 0 Å². The number of aliphatic imine (C=N–C) groups is 1. The first-order valence-electron chi connectivity index (χ1n) is 7.91. The molecular formula is C17H22N4OS. The molecular weight excluding hydrogens is 308 g/mol. The Morgan fingerprint density at radius 2 is 2.00 bits per heavy atom. The molecule has 0 saturated carbocycles. The van der Waals surface area contributed by atoms with Crippen LogP contribution in [0.15, 0.2) is 40.7 Å². The van der Waals surface area contributed by atoms with Crippen molar-refractivity contribution in [2.24, 2.45) is 10.7 Å². The second kappa shape index (κ2) is 8.08. The third kappa shape index (κ3) is 4.77. The zero-order chi connectivity index (χ0) is 15.9. The van der Waals surface area contributed by atoms with Crippen LogP contribution in [0.3, 0.4) is 0 Å². The highest BCUT2D eigenvalue weighted by Crippen LogP contribution is 2.14. The van der Waals surface area contributed by atoms with Gasteiger partial charge in [-0.2, -0.15) is 0 Å². The van der Waals surface area contributed by atoms with Crippen molar-refractivity contribution in [3.8, 4) is 0 Å². The summed E-state index contributed by atoms with van der Waals surface area (Å²) < 4.78 is 5.32. The summed E-state index contributed by atoms with van der Waals surface area (Å²) in [6.07, 6.45) is 1.99. The summed E-state index contributed by atoms with van der Waals surface area (Å²) in [5, 5.41) is 3.24. The molecule has 3 rings (SSSR count). The smallest absolute Gasteiger partial charge is 0.191 e. The van der Waals surface area contributed by atoms with Crippen LogP contribution in [0.4, 0.5) is 0 Å². The third-order valence-electron chi connectivity index (χ3n) is 3.81. The number of aromatic nitrogens is 1. The number of aryl methyl sites for hydroxylation is 2. The minimum Gasteiger partial charge on any atom is -0.378 e. The number of benzene rings is 1. The summed E-state index contributed by atoms with van der Waals surface area (Å²) in [6, 6.07) is 10.5. The lowest BCUT2D eigenvalue weighted by molar-refractivity contribution is 0.0674. The van der Waals surface area contributed by atoms with Crippen molar-refractivity contribution >= 4 is 17.3 Å². The predicted molar refractivity (Wildman–Crippen MR) is 93.7 cm³/mol. The van der Waals surface area contributed by atoms with E-state index >= 15 is 0 Å². The van der Waals surface area contributed by atoms with Crippen LogP contribution in [0, 0.1) is 0 Å². The first-order valence-corrected chi connectivity index (χ1v) is 8.79. The molecule has 1 aliphatic heterocycles. The van der Waals surface area contributed by atoms with Gasteiger partial charge in [-0.25, -0.2) is 9.98 Å². The Kier molecular flexibility index (Phi) is 5.60. The van der Waals surface area contributed by atoms with Gasteiger partial charge in [0.15, 0.2) is 5.96 Å². The number of nitrogens with zero attached hydrogens (tertiary/aromatic N) is 3. The topological polar surface area (TPSA) is 63.7 Å². The van der Waals surface area contributed by atoms with E-state index in [-0.39, 0.29) is 0 Å². The van der Waals surface area contributed by atoms with Crippen LogP contribution in [-0.4, -0.2) is 42.1 Å². The van der Waals surface area contributed by atoms with Gasteiger partial charge in [-0.1, -0.05) is 30.3 Å². The average molecular weight is 330 g/mol. The van der Waals surface area contributed by atoms with Gasteiger partial charge in [-0.15, -0.1) is 11.3 Å². The van der Waals surface area contributed by atoms with E-state index < -0.39 is 0 Å². The van der Waals surface area contributed by atoms with Gasteiger partial charge in [-0.05, 0) is 12.0 Å². The van der Waals surface area contributed by atoms with E-state index in [2.05, 4.69) is 44.5 Å². The Morgan fingerprint density at radius 3 is 2.78 bits per heavy atom. The van der Waals surface area contributed by atoms with Crippen molar-refractivity contribution in [3.05, 3.63) is 52.0 Å². The zero-order valence-electron chi connectivity index (χ0n) is 13.1. The lowest BCUT2D eigenvalue weighted by Crippen LogP contribution is -2.44. The molecule has 0 bridgehead atoms. The van der Waals surface area contributed by atoms with Gasteiger partial charge in [0.2, 0.25) is 0 Å². The van der Waals surface area contributed by atoms with E-state index in [4.69, 9.17) is 10.5 Å². The molecule has 1 fully saturated rings. The minimum atomic E-state index is 0.547. The Bertz CT molecular complexity index is 635. The highest BCUT2D eigenvalue weighted by Gasteiger charge is 2.12. The molecule has 23 heavy (non-hydrogen) atoms. The van der Waals surface area contributed by atoms with Crippen LogP contribution in [0.1, 0.15) is 16.3 Å². The average Bonchev–Trinajstić information content (AvgIpc) is 3.07. The molecule has 0 radical (unpaired) electrons. The lowest BCUT2D eigenvalue weighted by atomic mass is 10.1. The number of hydrogen-bond donors (Lipinski definition) is 1. The van der Waals surface area contributed by atoms with Gasteiger partial charge in [-0.3, -0.25) is 0 Å². The predicted octanol–water partition coefficient (Wildman–Crippen LogP) is 2.08. The summed E-state index contributed by atoms with van der Waals surface area (Å²) in [4.78, 5) is 11.2. The Hall–Kier alpha value is -1.92. The van der Waals surface area contributed by atoms with E-state index in [1.165, 1.54) is 5.56 Å². The van der Waals surface area contributed by atoms with Gasteiger partial charge in [0.25, 0.3) is 0 Å². The number of rotatable bonds is 5. The quantitative estimate of drug-likeness (QED) is 0.673. The molecule has 1 aliphatic rings. The maximum Gasteiger partial charge on any atom is 0.191 e. The molecule has 6 heteroatoms. The molecule has 0 spiro atoms. The van der Waals surface area contributed by atoms with Crippen molar-refractivity contribution in [2.45, 2.75) is 19.4 Å². The maximum atomic E-state index is 6.03. The molecule has 2 heterocycles. The molecule has 0 unspecified atom stereocenters. The monoisotopic (exact) mass is 330 g/mol. The molecule has 2 aromatic rings. The van der Waals surface area contributed by atoms with Gasteiger partial charge in [0.1, 0.15) is 0 Å². The van der Waals surface area contributed by atoms with E-state index in [1.54, 1.807) is 11.3 Å². The molecule has 2 N–H and O–H groups in total. The molecule has 5 nitrogen and oxygen atoms in total. The highest BCUT2D eigenvalue weighted by molar-refractivity contribution is 7.09. The fourth-order valence-corrected chi connectivity index (χ4v) is 3.28. The van der Waals surface area contributed by atoms with E-state index in [9.17, 15) is 0 Å². The van der Waals surface area contributed by atoms with Crippen LogP contribution < -0.4 is 5.73 Å². The van der Waals surface area contributed by atoms with Crippen molar-refractivity contribution in [3.63, 3.8) is 0 Å².